The van der Waals surface area contributed by atoms with Crippen LogP contribution in [0.4, 0.5) is 4.39 Å². The highest BCUT2D eigenvalue weighted by Gasteiger charge is 2.29. The number of hydrogen-bond donors (Lipinski definition) is 1. The van der Waals surface area contributed by atoms with Crippen molar-refractivity contribution in [2.24, 2.45) is 0 Å². The predicted octanol–water partition coefficient (Wildman–Crippen LogP) is 2.77. The van der Waals surface area contributed by atoms with E-state index in [2.05, 4.69) is 5.32 Å². The predicted molar refractivity (Wildman–Crippen MR) is 94.9 cm³/mol. The summed E-state index contributed by atoms with van der Waals surface area (Å²) in [7, 11) is 1.63. The van der Waals surface area contributed by atoms with Crippen LogP contribution < -0.4 is 10.1 Å². The van der Waals surface area contributed by atoms with Gasteiger partial charge in [0.15, 0.2) is 0 Å². The van der Waals surface area contributed by atoms with Crippen LogP contribution in [0.15, 0.2) is 48.5 Å². The monoisotopic (exact) mass is 342 g/mol. The molecule has 0 radical (unpaired) electrons. The fourth-order valence-corrected chi connectivity index (χ4v) is 2.88. The van der Waals surface area contributed by atoms with Crippen LogP contribution >= 0.6 is 0 Å². The molecule has 5 heteroatoms. The quantitative estimate of drug-likeness (QED) is 0.841. The lowest BCUT2D eigenvalue weighted by Gasteiger charge is -2.33. The van der Waals surface area contributed by atoms with Crippen molar-refractivity contribution in [1.29, 1.82) is 0 Å². The van der Waals surface area contributed by atoms with Gasteiger partial charge in [-0.2, -0.15) is 0 Å². The van der Waals surface area contributed by atoms with Crippen LogP contribution in [-0.4, -0.2) is 37.0 Å². The number of rotatable bonds is 7. The maximum Gasteiger partial charge on any atom is 0.240 e. The lowest BCUT2D eigenvalue weighted by Crippen LogP contribution is -2.54. The van der Waals surface area contributed by atoms with Crippen molar-refractivity contribution in [3.05, 3.63) is 65.5 Å². The third kappa shape index (κ3) is 4.37. The van der Waals surface area contributed by atoms with E-state index in [1.54, 1.807) is 30.2 Å². The Morgan fingerprint density at radius 1 is 1.24 bits per heavy atom. The summed E-state index contributed by atoms with van der Waals surface area (Å²) in [5.74, 6) is 0.580. The lowest BCUT2D eigenvalue weighted by molar-refractivity contribution is -0.135. The average Bonchev–Trinajstić information content (AvgIpc) is 2.59. The highest BCUT2D eigenvalue weighted by molar-refractivity contribution is 5.82. The zero-order valence-electron chi connectivity index (χ0n) is 14.4. The van der Waals surface area contributed by atoms with E-state index in [4.69, 9.17) is 4.74 Å². The van der Waals surface area contributed by atoms with E-state index in [0.717, 1.165) is 30.7 Å². The number of amides is 1. The summed E-state index contributed by atoms with van der Waals surface area (Å²) in [5.41, 5.74) is 1.67. The molecular weight excluding hydrogens is 319 g/mol. The molecule has 1 heterocycles. The van der Waals surface area contributed by atoms with Crippen LogP contribution in [0, 0.1) is 5.82 Å². The first-order chi connectivity index (χ1) is 12.2. The lowest BCUT2D eigenvalue weighted by atomic mass is 10.0. The van der Waals surface area contributed by atoms with Crippen molar-refractivity contribution in [1.82, 2.24) is 10.2 Å². The van der Waals surface area contributed by atoms with E-state index in [9.17, 15) is 9.18 Å². The van der Waals surface area contributed by atoms with Gasteiger partial charge in [-0.25, -0.2) is 4.39 Å². The Morgan fingerprint density at radius 3 is 2.56 bits per heavy atom. The smallest absolute Gasteiger partial charge is 0.240 e. The number of ether oxygens (including phenoxy) is 1. The van der Waals surface area contributed by atoms with Gasteiger partial charge < -0.3 is 15.0 Å². The van der Waals surface area contributed by atoms with Crippen molar-refractivity contribution in [2.75, 3.05) is 20.2 Å². The number of nitrogens with zero attached hydrogens (tertiary/aromatic N) is 1. The van der Waals surface area contributed by atoms with Crippen LogP contribution in [-0.2, 0) is 17.8 Å². The van der Waals surface area contributed by atoms with Crippen molar-refractivity contribution < 1.29 is 13.9 Å². The fourth-order valence-electron chi connectivity index (χ4n) is 2.88. The number of hydrogen-bond acceptors (Lipinski definition) is 3. The zero-order valence-corrected chi connectivity index (χ0v) is 14.4. The van der Waals surface area contributed by atoms with Crippen LogP contribution in [0.2, 0.25) is 0 Å². The van der Waals surface area contributed by atoms with Gasteiger partial charge in [0, 0.05) is 18.7 Å². The summed E-state index contributed by atoms with van der Waals surface area (Å²) in [5, 5.41) is 3.14. The Bertz CT molecular complexity index is 714. The maximum absolute atomic E-state index is 14.0. The zero-order chi connectivity index (χ0) is 17.6. The third-order valence-corrected chi connectivity index (χ3v) is 4.58. The SMILES string of the molecule is COc1ccc(CCN(Cc2ccccc2F)C(=O)C2CCN2)cc1. The molecule has 1 atom stereocenters. The molecular formula is C20H23FN2O2. The van der Waals surface area contributed by atoms with Gasteiger partial charge in [-0.05, 0) is 43.1 Å². The molecule has 1 aliphatic rings. The van der Waals surface area contributed by atoms with Gasteiger partial charge >= 0.3 is 0 Å². The molecule has 3 rings (SSSR count). The van der Waals surface area contributed by atoms with Crippen LogP contribution in [0.1, 0.15) is 17.5 Å². The molecule has 1 fully saturated rings. The molecule has 1 unspecified atom stereocenters. The van der Waals surface area contributed by atoms with Crippen LogP contribution in [0.3, 0.4) is 0 Å². The Labute approximate surface area is 147 Å². The van der Waals surface area contributed by atoms with Crippen molar-refractivity contribution in [2.45, 2.75) is 25.4 Å². The maximum atomic E-state index is 14.0. The van der Waals surface area contributed by atoms with E-state index in [-0.39, 0.29) is 17.8 Å². The second-order valence-electron chi connectivity index (χ2n) is 6.24. The second kappa shape index (κ2) is 8.12. The third-order valence-electron chi connectivity index (χ3n) is 4.58. The normalized spacial score (nSPS) is 16.2. The number of halogens is 1. The fraction of sp³-hybridized carbons (Fsp3) is 0.350. The minimum atomic E-state index is -0.272. The highest BCUT2D eigenvalue weighted by Crippen LogP contribution is 2.16. The van der Waals surface area contributed by atoms with Gasteiger partial charge in [0.1, 0.15) is 11.6 Å². The molecule has 2 aromatic carbocycles. The largest absolute Gasteiger partial charge is 0.497 e. The van der Waals surface area contributed by atoms with Crippen LogP contribution in [0.5, 0.6) is 5.75 Å². The molecule has 1 aliphatic heterocycles. The summed E-state index contributed by atoms with van der Waals surface area (Å²) >= 11 is 0. The number of benzene rings is 2. The van der Waals surface area contributed by atoms with E-state index in [0.29, 0.717) is 18.7 Å². The molecule has 1 saturated heterocycles. The Balaban J connectivity index is 1.69. The summed E-state index contributed by atoms with van der Waals surface area (Å²) < 4.78 is 19.2. The summed E-state index contributed by atoms with van der Waals surface area (Å²) in [4.78, 5) is 14.4. The van der Waals surface area contributed by atoms with E-state index < -0.39 is 0 Å². The van der Waals surface area contributed by atoms with E-state index in [1.165, 1.54) is 6.07 Å². The molecule has 132 valence electrons. The first-order valence-corrected chi connectivity index (χ1v) is 8.56. The van der Waals surface area contributed by atoms with Gasteiger partial charge in [-0.1, -0.05) is 30.3 Å². The molecule has 1 amide bonds. The van der Waals surface area contributed by atoms with Crippen molar-refractivity contribution >= 4 is 5.91 Å². The highest BCUT2D eigenvalue weighted by atomic mass is 19.1. The molecule has 2 aromatic rings. The molecule has 1 N–H and O–H groups in total. The number of nitrogens with one attached hydrogen (secondary N) is 1. The van der Waals surface area contributed by atoms with Crippen molar-refractivity contribution in [3.8, 4) is 5.75 Å². The first-order valence-electron chi connectivity index (χ1n) is 8.56. The molecule has 0 saturated carbocycles. The number of carbonyl (C=O) groups excluding carboxylic acids is 1. The topological polar surface area (TPSA) is 41.6 Å². The molecule has 0 aliphatic carbocycles. The molecule has 0 aromatic heterocycles. The number of carbonyl (C=O) groups is 1. The van der Waals surface area contributed by atoms with Gasteiger partial charge in [0.25, 0.3) is 0 Å². The van der Waals surface area contributed by atoms with Gasteiger partial charge in [-0.15, -0.1) is 0 Å². The van der Waals surface area contributed by atoms with E-state index >= 15 is 0 Å². The average molecular weight is 342 g/mol. The van der Waals surface area contributed by atoms with E-state index in [1.807, 2.05) is 24.3 Å². The minimum absolute atomic E-state index is 0.0445. The first kappa shape index (κ1) is 17.4. The molecule has 25 heavy (non-hydrogen) atoms. The Hall–Kier alpha value is -2.40. The van der Waals surface area contributed by atoms with Crippen LogP contribution in [0.25, 0.3) is 0 Å². The second-order valence-corrected chi connectivity index (χ2v) is 6.24. The minimum Gasteiger partial charge on any atom is -0.497 e. The van der Waals surface area contributed by atoms with Gasteiger partial charge in [0.2, 0.25) is 5.91 Å². The summed E-state index contributed by atoms with van der Waals surface area (Å²) in [6, 6.07) is 14.3. The molecule has 4 nitrogen and oxygen atoms in total. The number of methoxy groups -OCH3 is 1. The summed E-state index contributed by atoms with van der Waals surface area (Å²) in [6.45, 7) is 1.71. The molecule has 0 bridgehead atoms. The van der Waals surface area contributed by atoms with Gasteiger partial charge in [-0.3, -0.25) is 4.79 Å². The van der Waals surface area contributed by atoms with Crippen molar-refractivity contribution in [3.63, 3.8) is 0 Å². The van der Waals surface area contributed by atoms with Gasteiger partial charge in [0.05, 0.1) is 13.2 Å². The molecule has 0 spiro atoms. The standard InChI is InChI=1S/C20H23FN2O2/c1-25-17-8-6-15(7-9-17)11-13-23(20(24)19-10-12-22-19)14-16-4-2-3-5-18(16)21/h2-9,19,22H,10-14H2,1H3. The Kier molecular flexibility index (Phi) is 5.66. The summed E-state index contributed by atoms with van der Waals surface area (Å²) in [6.07, 6.45) is 1.56. The Morgan fingerprint density at radius 2 is 1.96 bits per heavy atom.